The van der Waals surface area contributed by atoms with Gasteiger partial charge in [-0.15, -0.1) is 0 Å². The highest BCUT2D eigenvalue weighted by atomic mass is 14.0. The average molecular weight is 250 g/mol. The van der Waals surface area contributed by atoms with Crippen molar-refractivity contribution >= 4 is 0 Å². The zero-order chi connectivity index (χ0) is 13.3. The highest BCUT2D eigenvalue weighted by Gasteiger charge is 1.89. The molecule has 0 aromatic heterocycles. The lowest BCUT2D eigenvalue weighted by atomic mass is 10.1. The molecule has 0 heterocycles. The minimum atomic E-state index is 1.11. The summed E-state index contributed by atoms with van der Waals surface area (Å²) in [5.41, 5.74) is 0. The maximum absolute atomic E-state index is 3.87. The lowest BCUT2D eigenvalue weighted by molar-refractivity contribution is 0.621. The van der Waals surface area contributed by atoms with Crippen LogP contribution in [0.5, 0.6) is 0 Å². The SMILES string of the molecule is [CH2]CCCCCCCC=CC[CH]CCCCCC. The molecule has 0 spiro atoms. The molecule has 18 heavy (non-hydrogen) atoms. The van der Waals surface area contributed by atoms with Crippen molar-refractivity contribution in [2.75, 3.05) is 0 Å². The smallest absolute Gasteiger partial charge is 0.0319 e. The second-order valence-electron chi connectivity index (χ2n) is 5.26. The summed E-state index contributed by atoms with van der Waals surface area (Å²) in [5, 5.41) is 0. The molecule has 0 atom stereocenters. The minimum absolute atomic E-state index is 1.11. The minimum Gasteiger partial charge on any atom is -0.0885 e. The summed E-state index contributed by atoms with van der Waals surface area (Å²) in [5.74, 6) is 0. The van der Waals surface area contributed by atoms with Gasteiger partial charge in [0.1, 0.15) is 0 Å². The van der Waals surface area contributed by atoms with Crippen LogP contribution >= 0.6 is 0 Å². The monoisotopic (exact) mass is 250 g/mol. The van der Waals surface area contributed by atoms with Crippen molar-refractivity contribution < 1.29 is 0 Å². The molecule has 0 fully saturated rings. The number of allylic oxidation sites excluding steroid dienone is 2. The van der Waals surface area contributed by atoms with Crippen LogP contribution in [0.2, 0.25) is 0 Å². The van der Waals surface area contributed by atoms with Crippen molar-refractivity contribution in [2.24, 2.45) is 0 Å². The Labute approximate surface area is 116 Å². The van der Waals surface area contributed by atoms with E-state index in [1.165, 1.54) is 77.0 Å². The van der Waals surface area contributed by atoms with E-state index in [-0.39, 0.29) is 0 Å². The third-order valence-corrected chi connectivity index (χ3v) is 3.35. The van der Waals surface area contributed by atoms with Gasteiger partial charge in [-0.25, -0.2) is 0 Å². The number of rotatable bonds is 14. The second-order valence-corrected chi connectivity index (χ2v) is 5.26. The van der Waals surface area contributed by atoms with Crippen molar-refractivity contribution in [3.8, 4) is 0 Å². The van der Waals surface area contributed by atoms with Crippen LogP contribution in [0.4, 0.5) is 0 Å². The molecule has 0 nitrogen and oxygen atoms in total. The molecule has 0 saturated heterocycles. The molecule has 0 heteroatoms. The van der Waals surface area contributed by atoms with Gasteiger partial charge in [-0.05, 0) is 32.1 Å². The predicted octanol–water partition coefficient (Wildman–Crippen LogP) is 6.67. The summed E-state index contributed by atoms with van der Waals surface area (Å²) in [7, 11) is 0. The third-order valence-electron chi connectivity index (χ3n) is 3.35. The van der Waals surface area contributed by atoms with E-state index in [0.717, 1.165) is 6.42 Å². The topological polar surface area (TPSA) is 0 Å². The van der Waals surface area contributed by atoms with Crippen LogP contribution in [0.15, 0.2) is 12.2 Å². The van der Waals surface area contributed by atoms with Gasteiger partial charge >= 0.3 is 0 Å². The zero-order valence-electron chi connectivity index (χ0n) is 12.6. The fourth-order valence-corrected chi connectivity index (χ4v) is 2.11. The largest absolute Gasteiger partial charge is 0.0885 e. The van der Waals surface area contributed by atoms with Crippen molar-refractivity contribution in [2.45, 2.75) is 90.4 Å². The normalized spacial score (nSPS) is 11.4. The van der Waals surface area contributed by atoms with E-state index in [0.29, 0.717) is 0 Å². The van der Waals surface area contributed by atoms with E-state index in [9.17, 15) is 0 Å². The van der Waals surface area contributed by atoms with Gasteiger partial charge < -0.3 is 0 Å². The Morgan fingerprint density at radius 1 is 0.722 bits per heavy atom. The van der Waals surface area contributed by atoms with Crippen LogP contribution in [0, 0.1) is 13.3 Å². The van der Waals surface area contributed by atoms with Crippen molar-refractivity contribution in [1.29, 1.82) is 0 Å². The van der Waals surface area contributed by atoms with Crippen LogP contribution in [-0.4, -0.2) is 0 Å². The second kappa shape index (κ2) is 16.7. The maximum atomic E-state index is 3.87. The van der Waals surface area contributed by atoms with Gasteiger partial charge in [-0.1, -0.05) is 83.8 Å². The number of unbranched alkanes of at least 4 members (excludes halogenated alkanes) is 12. The Kier molecular flexibility index (Phi) is 16.5. The summed E-state index contributed by atoms with van der Waals surface area (Å²) < 4.78 is 0. The Morgan fingerprint density at radius 2 is 1.39 bits per heavy atom. The first-order chi connectivity index (χ1) is 8.91. The van der Waals surface area contributed by atoms with Gasteiger partial charge in [-0.3, -0.25) is 0 Å². The first kappa shape index (κ1) is 17.7. The number of hydrogen-bond acceptors (Lipinski definition) is 0. The van der Waals surface area contributed by atoms with Crippen LogP contribution < -0.4 is 0 Å². The first-order valence-corrected chi connectivity index (χ1v) is 8.17. The van der Waals surface area contributed by atoms with E-state index < -0.39 is 0 Å². The van der Waals surface area contributed by atoms with Crippen LogP contribution in [-0.2, 0) is 0 Å². The summed E-state index contributed by atoms with van der Waals surface area (Å²) in [6.07, 6.45) is 24.4. The first-order valence-electron chi connectivity index (χ1n) is 8.17. The van der Waals surface area contributed by atoms with Crippen LogP contribution in [0.1, 0.15) is 90.4 Å². The lowest BCUT2D eigenvalue weighted by Gasteiger charge is -1.98. The quantitative estimate of drug-likeness (QED) is 0.238. The lowest BCUT2D eigenvalue weighted by Crippen LogP contribution is -1.79. The highest BCUT2D eigenvalue weighted by molar-refractivity contribution is 4.86. The Morgan fingerprint density at radius 3 is 2.17 bits per heavy atom. The molecule has 0 rings (SSSR count). The molecule has 106 valence electrons. The van der Waals surface area contributed by atoms with E-state index in [1.807, 2.05) is 0 Å². The molecule has 0 aromatic carbocycles. The van der Waals surface area contributed by atoms with Gasteiger partial charge in [0, 0.05) is 0 Å². The molecular formula is C18H34. The molecule has 0 aromatic rings. The molecule has 0 bridgehead atoms. The van der Waals surface area contributed by atoms with E-state index in [2.05, 4.69) is 32.4 Å². The van der Waals surface area contributed by atoms with Gasteiger partial charge in [0.15, 0.2) is 0 Å². The summed E-state index contributed by atoms with van der Waals surface area (Å²) >= 11 is 0. The summed E-state index contributed by atoms with van der Waals surface area (Å²) in [6, 6.07) is 0. The van der Waals surface area contributed by atoms with Gasteiger partial charge in [-0.2, -0.15) is 0 Å². The van der Waals surface area contributed by atoms with Crippen molar-refractivity contribution in [3.63, 3.8) is 0 Å². The van der Waals surface area contributed by atoms with Crippen LogP contribution in [0.3, 0.4) is 0 Å². The summed E-state index contributed by atoms with van der Waals surface area (Å²) in [6.45, 7) is 6.14. The van der Waals surface area contributed by atoms with E-state index >= 15 is 0 Å². The van der Waals surface area contributed by atoms with E-state index in [4.69, 9.17) is 0 Å². The molecule has 0 aliphatic heterocycles. The molecule has 0 saturated carbocycles. The average Bonchev–Trinajstić information content (AvgIpc) is 2.39. The zero-order valence-corrected chi connectivity index (χ0v) is 12.6. The fraction of sp³-hybridized carbons (Fsp3) is 0.778. The van der Waals surface area contributed by atoms with Gasteiger partial charge in [0.05, 0.1) is 0 Å². The standard InChI is InChI=1S/C18H34/c1-3-5-7-9-11-13-15-17-18-16-14-12-10-8-6-4-2/h14,17-18H,1,3-13,15-16H2,2H3. The molecule has 2 radical (unpaired) electrons. The molecule has 0 N–H and O–H groups in total. The maximum Gasteiger partial charge on any atom is -0.0319 e. The molecule has 0 aliphatic rings. The molecule has 0 amide bonds. The Balaban J connectivity index is 3.00. The molecular weight excluding hydrogens is 216 g/mol. The van der Waals surface area contributed by atoms with Crippen molar-refractivity contribution in [3.05, 3.63) is 25.5 Å². The highest BCUT2D eigenvalue weighted by Crippen LogP contribution is 2.09. The Bertz CT molecular complexity index is 139. The Hall–Kier alpha value is -0.260. The fourth-order valence-electron chi connectivity index (χ4n) is 2.11. The van der Waals surface area contributed by atoms with Gasteiger partial charge in [0.25, 0.3) is 0 Å². The van der Waals surface area contributed by atoms with Crippen molar-refractivity contribution in [1.82, 2.24) is 0 Å². The predicted molar refractivity (Wildman–Crippen MR) is 84.5 cm³/mol. The van der Waals surface area contributed by atoms with Crippen LogP contribution in [0.25, 0.3) is 0 Å². The van der Waals surface area contributed by atoms with E-state index in [1.54, 1.807) is 0 Å². The number of hydrogen-bond donors (Lipinski definition) is 0. The molecule has 0 aliphatic carbocycles. The third kappa shape index (κ3) is 15.7. The summed E-state index contributed by atoms with van der Waals surface area (Å²) in [4.78, 5) is 0. The molecule has 0 unspecified atom stereocenters. The van der Waals surface area contributed by atoms with Gasteiger partial charge in [0.2, 0.25) is 0 Å².